The molecule has 1 fully saturated rings. The van der Waals surface area contributed by atoms with Gasteiger partial charge in [-0.05, 0) is 42.9 Å². The highest BCUT2D eigenvalue weighted by Crippen LogP contribution is 2.37. The van der Waals surface area contributed by atoms with Crippen LogP contribution < -0.4 is 5.32 Å². The Labute approximate surface area is 119 Å². The lowest BCUT2D eigenvalue weighted by Gasteiger charge is -2.39. The van der Waals surface area contributed by atoms with Crippen LogP contribution >= 0.6 is 15.9 Å². The number of rotatable bonds is 3. The molecular weight excluding hydrogens is 319 g/mol. The minimum atomic E-state index is -4.31. The van der Waals surface area contributed by atoms with E-state index in [4.69, 9.17) is 0 Å². The molecule has 1 aliphatic rings. The SMILES string of the molecule is CC(C)C1CC(Nc2cc(Br)cc(C(F)(F)F)c2)C1. The smallest absolute Gasteiger partial charge is 0.382 e. The lowest BCUT2D eigenvalue weighted by molar-refractivity contribution is -0.137. The summed E-state index contributed by atoms with van der Waals surface area (Å²) < 4.78 is 38.6. The quantitative estimate of drug-likeness (QED) is 0.788. The Morgan fingerprint density at radius 2 is 1.84 bits per heavy atom. The van der Waals surface area contributed by atoms with Crippen LogP contribution in [0.3, 0.4) is 0 Å². The second-order valence-corrected chi connectivity index (χ2v) is 6.46. The zero-order valence-electron chi connectivity index (χ0n) is 10.9. The summed E-state index contributed by atoms with van der Waals surface area (Å²) in [5.41, 5.74) is -0.0852. The van der Waals surface area contributed by atoms with Crippen LogP contribution in [0.5, 0.6) is 0 Å². The first-order valence-corrected chi connectivity index (χ1v) is 7.19. The van der Waals surface area contributed by atoms with Gasteiger partial charge in [0.2, 0.25) is 0 Å². The number of hydrogen-bond acceptors (Lipinski definition) is 1. The Morgan fingerprint density at radius 1 is 1.21 bits per heavy atom. The molecule has 1 N–H and O–H groups in total. The standard InChI is InChI=1S/C14H17BrF3N/c1-8(2)9-3-12(4-9)19-13-6-10(14(16,17)18)5-11(15)7-13/h5-9,12,19H,3-4H2,1-2H3. The number of alkyl halides is 3. The zero-order valence-corrected chi connectivity index (χ0v) is 12.5. The van der Waals surface area contributed by atoms with E-state index in [0.29, 0.717) is 28.0 Å². The van der Waals surface area contributed by atoms with Crippen molar-refractivity contribution < 1.29 is 13.2 Å². The van der Waals surface area contributed by atoms with Gasteiger partial charge < -0.3 is 5.32 Å². The van der Waals surface area contributed by atoms with Crippen LogP contribution in [0, 0.1) is 11.8 Å². The fourth-order valence-corrected chi connectivity index (χ4v) is 2.89. The van der Waals surface area contributed by atoms with Crippen LogP contribution in [0.1, 0.15) is 32.3 Å². The molecule has 0 aromatic heterocycles. The van der Waals surface area contributed by atoms with Gasteiger partial charge in [-0.15, -0.1) is 0 Å². The lowest BCUT2D eigenvalue weighted by Crippen LogP contribution is -2.37. The first-order valence-electron chi connectivity index (χ1n) is 6.40. The van der Waals surface area contributed by atoms with E-state index in [1.54, 1.807) is 6.07 Å². The molecule has 0 radical (unpaired) electrons. The van der Waals surface area contributed by atoms with E-state index >= 15 is 0 Å². The molecule has 1 aliphatic carbocycles. The summed E-state index contributed by atoms with van der Waals surface area (Å²) in [6.45, 7) is 4.36. The largest absolute Gasteiger partial charge is 0.416 e. The average Bonchev–Trinajstić information content (AvgIpc) is 2.20. The summed E-state index contributed by atoms with van der Waals surface area (Å²) in [5, 5.41) is 3.19. The maximum atomic E-state index is 12.7. The van der Waals surface area contributed by atoms with Crippen molar-refractivity contribution in [3.8, 4) is 0 Å². The van der Waals surface area contributed by atoms with E-state index in [1.807, 2.05) is 0 Å². The molecule has 0 bridgehead atoms. The molecule has 1 nitrogen and oxygen atoms in total. The zero-order chi connectivity index (χ0) is 14.2. The molecule has 1 saturated carbocycles. The molecular formula is C14H17BrF3N. The molecule has 0 heterocycles. The summed E-state index contributed by atoms with van der Waals surface area (Å²) in [4.78, 5) is 0. The van der Waals surface area contributed by atoms with Crippen molar-refractivity contribution in [2.75, 3.05) is 5.32 Å². The van der Waals surface area contributed by atoms with Gasteiger partial charge in [-0.1, -0.05) is 29.8 Å². The number of halogens is 4. The van der Waals surface area contributed by atoms with Gasteiger partial charge in [-0.3, -0.25) is 0 Å². The molecule has 19 heavy (non-hydrogen) atoms. The Bertz CT molecular complexity index is 450. The molecule has 2 rings (SSSR count). The van der Waals surface area contributed by atoms with Crippen LogP contribution in [0.4, 0.5) is 18.9 Å². The number of anilines is 1. The van der Waals surface area contributed by atoms with Crippen molar-refractivity contribution in [3.63, 3.8) is 0 Å². The van der Waals surface area contributed by atoms with Crippen molar-refractivity contribution in [2.24, 2.45) is 11.8 Å². The third kappa shape index (κ3) is 3.65. The van der Waals surface area contributed by atoms with Gasteiger partial charge in [-0.25, -0.2) is 0 Å². The summed E-state index contributed by atoms with van der Waals surface area (Å²) in [7, 11) is 0. The topological polar surface area (TPSA) is 12.0 Å². The summed E-state index contributed by atoms with van der Waals surface area (Å²) in [6.07, 6.45) is -2.24. The Kier molecular flexibility index (Phi) is 4.14. The van der Waals surface area contributed by atoms with Gasteiger partial charge in [-0.2, -0.15) is 13.2 Å². The van der Waals surface area contributed by atoms with Gasteiger partial charge in [0.25, 0.3) is 0 Å². The minimum Gasteiger partial charge on any atom is -0.382 e. The van der Waals surface area contributed by atoms with E-state index in [2.05, 4.69) is 35.1 Å². The van der Waals surface area contributed by atoms with Gasteiger partial charge in [0.15, 0.2) is 0 Å². The lowest BCUT2D eigenvalue weighted by atomic mass is 9.73. The van der Waals surface area contributed by atoms with Gasteiger partial charge in [0.1, 0.15) is 0 Å². The van der Waals surface area contributed by atoms with Gasteiger partial charge in [0.05, 0.1) is 5.56 Å². The normalized spacial score (nSPS) is 23.3. The highest BCUT2D eigenvalue weighted by Gasteiger charge is 2.33. The molecule has 0 saturated heterocycles. The van der Waals surface area contributed by atoms with Crippen LogP contribution in [-0.4, -0.2) is 6.04 Å². The summed E-state index contributed by atoms with van der Waals surface area (Å²) >= 11 is 3.13. The molecule has 0 unspecified atom stereocenters. The van der Waals surface area contributed by atoms with Gasteiger partial charge in [0, 0.05) is 16.2 Å². The Balaban J connectivity index is 2.04. The summed E-state index contributed by atoms with van der Waals surface area (Å²) in [5.74, 6) is 1.33. The predicted molar refractivity (Wildman–Crippen MR) is 74.1 cm³/mol. The van der Waals surface area contributed by atoms with E-state index in [0.717, 1.165) is 18.9 Å². The molecule has 1 aromatic carbocycles. The van der Waals surface area contributed by atoms with E-state index < -0.39 is 11.7 Å². The van der Waals surface area contributed by atoms with Crippen LogP contribution in [0.2, 0.25) is 0 Å². The maximum Gasteiger partial charge on any atom is 0.416 e. The highest BCUT2D eigenvalue weighted by atomic mass is 79.9. The second-order valence-electron chi connectivity index (χ2n) is 5.54. The molecule has 0 amide bonds. The third-order valence-corrected chi connectivity index (χ3v) is 4.17. The van der Waals surface area contributed by atoms with Crippen LogP contribution in [0.25, 0.3) is 0 Å². The van der Waals surface area contributed by atoms with E-state index in [-0.39, 0.29) is 0 Å². The number of hydrogen-bond donors (Lipinski definition) is 1. The Morgan fingerprint density at radius 3 is 2.37 bits per heavy atom. The average molecular weight is 336 g/mol. The monoisotopic (exact) mass is 335 g/mol. The summed E-state index contributed by atoms with van der Waals surface area (Å²) in [6, 6.07) is 4.26. The molecule has 0 atom stereocenters. The van der Waals surface area contributed by atoms with Gasteiger partial charge >= 0.3 is 6.18 Å². The predicted octanol–water partition coefficient (Wildman–Crippen LogP) is 5.31. The van der Waals surface area contributed by atoms with Crippen molar-refractivity contribution in [1.29, 1.82) is 0 Å². The number of nitrogens with one attached hydrogen (secondary N) is 1. The van der Waals surface area contributed by atoms with Crippen LogP contribution in [-0.2, 0) is 6.18 Å². The third-order valence-electron chi connectivity index (χ3n) is 3.71. The molecule has 1 aromatic rings. The maximum absolute atomic E-state index is 12.7. The van der Waals surface area contributed by atoms with Crippen molar-refractivity contribution in [1.82, 2.24) is 0 Å². The fraction of sp³-hybridized carbons (Fsp3) is 0.571. The van der Waals surface area contributed by atoms with Crippen molar-refractivity contribution >= 4 is 21.6 Å². The second kappa shape index (κ2) is 5.35. The highest BCUT2D eigenvalue weighted by molar-refractivity contribution is 9.10. The van der Waals surface area contributed by atoms with E-state index in [1.165, 1.54) is 6.07 Å². The fourth-order valence-electron chi connectivity index (χ4n) is 2.40. The Hall–Kier alpha value is -0.710. The molecule has 0 spiro atoms. The molecule has 0 aliphatic heterocycles. The number of benzene rings is 1. The van der Waals surface area contributed by atoms with Crippen molar-refractivity contribution in [3.05, 3.63) is 28.2 Å². The first kappa shape index (κ1) is 14.7. The van der Waals surface area contributed by atoms with Crippen molar-refractivity contribution in [2.45, 2.75) is 38.9 Å². The molecule has 106 valence electrons. The molecule has 5 heteroatoms. The van der Waals surface area contributed by atoms with E-state index in [9.17, 15) is 13.2 Å². The first-order chi connectivity index (χ1) is 8.75. The van der Waals surface area contributed by atoms with Crippen LogP contribution in [0.15, 0.2) is 22.7 Å². The minimum absolute atomic E-state index is 0.294.